The predicted molar refractivity (Wildman–Crippen MR) is 64.4 cm³/mol. The number of unbranched alkanes of at least 4 members (excludes halogenated alkanes) is 1. The smallest absolute Gasteiger partial charge is 0.416 e. The highest BCUT2D eigenvalue weighted by Gasteiger charge is 2.31. The van der Waals surface area contributed by atoms with Crippen LogP contribution in [0.25, 0.3) is 0 Å². The number of nitrogens with two attached hydrogens (primary N) is 1. The average Bonchev–Trinajstić information content (AvgIpc) is 2.34. The summed E-state index contributed by atoms with van der Waals surface area (Å²) in [5, 5.41) is 0. The fraction of sp³-hybridized carbons (Fsp3) is 0.538. The van der Waals surface area contributed by atoms with E-state index in [-0.39, 0.29) is 11.8 Å². The largest absolute Gasteiger partial charge is 0.497 e. The molecule has 1 rings (SSSR count). The van der Waals surface area contributed by atoms with Gasteiger partial charge in [0.05, 0.1) is 12.7 Å². The van der Waals surface area contributed by atoms with Gasteiger partial charge in [-0.1, -0.05) is 19.8 Å². The van der Waals surface area contributed by atoms with Crippen LogP contribution in [0.1, 0.15) is 43.4 Å². The molecule has 0 aliphatic carbocycles. The first kappa shape index (κ1) is 14.8. The van der Waals surface area contributed by atoms with Crippen molar-refractivity contribution in [2.75, 3.05) is 7.11 Å². The molecule has 0 heterocycles. The lowest BCUT2D eigenvalue weighted by atomic mass is 9.99. The van der Waals surface area contributed by atoms with E-state index in [2.05, 4.69) is 0 Å². The van der Waals surface area contributed by atoms with Crippen molar-refractivity contribution in [3.8, 4) is 5.75 Å². The minimum atomic E-state index is -4.38. The Kier molecular flexibility index (Phi) is 5.02. The number of hydrogen-bond donors (Lipinski definition) is 1. The standard InChI is InChI=1S/C13H18F3NO/c1-3-4-5-12(17)9-6-10(13(14,15)16)8-11(7-9)18-2/h6-8,12H,3-5,17H2,1-2H3/t12-/m1/s1. The molecule has 0 amide bonds. The number of halogens is 3. The zero-order valence-corrected chi connectivity index (χ0v) is 10.6. The lowest BCUT2D eigenvalue weighted by Crippen LogP contribution is -2.13. The van der Waals surface area contributed by atoms with E-state index >= 15 is 0 Å². The third-order valence-corrected chi connectivity index (χ3v) is 2.79. The molecular formula is C13H18F3NO. The molecule has 1 aromatic carbocycles. The lowest BCUT2D eigenvalue weighted by molar-refractivity contribution is -0.137. The molecule has 0 bridgehead atoms. The van der Waals surface area contributed by atoms with Crippen LogP contribution in [-0.2, 0) is 6.18 Å². The molecule has 102 valence electrons. The highest BCUT2D eigenvalue weighted by Crippen LogP contribution is 2.34. The van der Waals surface area contributed by atoms with Gasteiger partial charge in [-0.05, 0) is 30.2 Å². The molecule has 0 aliphatic heterocycles. The van der Waals surface area contributed by atoms with E-state index in [0.717, 1.165) is 25.0 Å². The van der Waals surface area contributed by atoms with Crippen LogP contribution in [0.5, 0.6) is 5.75 Å². The molecule has 0 radical (unpaired) electrons. The SMILES string of the molecule is CCCC[C@@H](N)c1cc(OC)cc(C(F)(F)F)c1. The Morgan fingerprint density at radius 2 is 1.94 bits per heavy atom. The molecule has 0 saturated carbocycles. The predicted octanol–water partition coefficient (Wildman–Crippen LogP) is 3.90. The lowest BCUT2D eigenvalue weighted by Gasteiger charge is -2.16. The minimum Gasteiger partial charge on any atom is -0.497 e. The van der Waals surface area contributed by atoms with Crippen LogP contribution < -0.4 is 10.5 Å². The van der Waals surface area contributed by atoms with Gasteiger partial charge in [-0.2, -0.15) is 13.2 Å². The molecule has 1 aromatic rings. The summed E-state index contributed by atoms with van der Waals surface area (Å²) in [6.07, 6.45) is -1.86. The van der Waals surface area contributed by atoms with Gasteiger partial charge in [0, 0.05) is 6.04 Å². The number of benzene rings is 1. The van der Waals surface area contributed by atoms with E-state index in [0.29, 0.717) is 12.0 Å². The first-order valence-corrected chi connectivity index (χ1v) is 5.90. The number of hydrogen-bond acceptors (Lipinski definition) is 2. The third-order valence-electron chi connectivity index (χ3n) is 2.79. The normalized spacial score (nSPS) is 13.4. The first-order chi connectivity index (χ1) is 8.38. The molecule has 1 atom stereocenters. The van der Waals surface area contributed by atoms with E-state index in [4.69, 9.17) is 10.5 Å². The van der Waals surface area contributed by atoms with E-state index in [1.165, 1.54) is 7.11 Å². The molecule has 0 fully saturated rings. The van der Waals surface area contributed by atoms with Crippen LogP contribution in [-0.4, -0.2) is 7.11 Å². The van der Waals surface area contributed by atoms with Crippen molar-refractivity contribution < 1.29 is 17.9 Å². The number of methoxy groups -OCH3 is 1. The van der Waals surface area contributed by atoms with Gasteiger partial charge in [0.15, 0.2) is 0 Å². The van der Waals surface area contributed by atoms with E-state index in [1.54, 1.807) is 6.07 Å². The van der Waals surface area contributed by atoms with E-state index in [1.807, 2.05) is 6.92 Å². The fourth-order valence-corrected chi connectivity index (χ4v) is 1.71. The van der Waals surface area contributed by atoms with Crippen molar-refractivity contribution in [2.45, 2.75) is 38.4 Å². The Bertz CT molecular complexity index is 390. The van der Waals surface area contributed by atoms with E-state index < -0.39 is 11.7 Å². The summed E-state index contributed by atoms with van der Waals surface area (Å²) in [6.45, 7) is 2.01. The molecule has 0 aliphatic rings. The van der Waals surface area contributed by atoms with Gasteiger partial charge in [0.2, 0.25) is 0 Å². The molecule has 0 saturated heterocycles. The van der Waals surface area contributed by atoms with Crippen LogP contribution >= 0.6 is 0 Å². The number of alkyl halides is 3. The number of ether oxygens (including phenoxy) is 1. The van der Waals surface area contributed by atoms with Crippen molar-refractivity contribution in [1.82, 2.24) is 0 Å². The zero-order valence-electron chi connectivity index (χ0n) is 10.6. The van der Waals surface area contributed by atoms with Gasteiger partial charge in [0.25, 0.3) is 0 Å². The average molecular weight is 261 g/mol. The third kappa shape index (κ3) is 3.91. The second-order valence-electron chi connectivity index (χ2n) is 4.24. The summed E-state index contributed by atoms with van der Waals surface area (Å²) >= 11 is 0. The van der Waals surface area contributed by atoms with Gasteiger partial charge in [-0.15, -0.1) is 0 Å². The summed E-state index contributed by atoms with van der Waals surface area (Å²) in [4.78, 5) is 0. The Morgan fingerprint density at radius 3 is 2.44 bits per heavy atom. The molecular weight excluding hydrogens is 243 g/mol. The topological polar surface area (TPSA) is 35.2 Å². The summed E-state index contributed by atoms with van der Waals surface area (Å²) in [5.41, 5.74) is 5.64. The zero-order chi connectivity index (χ0) is 13.8. The fourth-order valence-electron chi connectivity index (χ4n) is 1.71. The minimum absolute atomic E-state index is 0.187. The molecule has 0 spiro atoms. The van der Waals surface area contributed by atoms with Crippen molar-refractivity contribution in [3.05, 3.63) is 29.3 Å². The van der Waals surface area contributed by atoms with Crippen LogP contribution in [0.3, 0.4) is 0 Å². The first-order valence-electron chi connectivity index (χ1n) is 5.90. The number of rotatable bonds is 5. The highest BCUT2D eigenvalue weighted by atomic mass is 19.4. The molecule has 0 unspecified atom stereocenters. The summed E-state index contributed by atoms with van der Waals surface area (Å²) < 4.78 is 43.0. The second-order valence-corrected chi connectivity index (χ2v) is 4.24. The van der Waals surface area contributed by atoms with Gasteiger partial charge >= 0.3 is 6.18 Å². The summed E-state index contributed by atoms with van der Waals surface area (Å²) in [5.74, 6) is 0.187. The van der Waals surface area contributed by atoms with Gasteiger partial charge in [0.1, 0.15) is 5.75 Å². The van der Waals surface area contributed by atoms with Crippen LogP contribution in [0.15, 0.2) is 18.2 Å². The maximum Gasteiger partial charge on any atom is 0.416 e. The molecule has 2 nitrogen and oxygen atoms in total. The maximum atomic E-state index is 12.7. The van der Waals surface area contributed by atoms with Crippen LogP contribution in [0.2, 0.25) is 0 Å². The summed E-state index contributed by atoms with van der Waals surface area (Å²) in [6, 6.07) is 3.26. The Morgan fingerprint density at radius 1 is 1.28 bits per heavy atom. The highest BCUT2D eigenvalue weighted by molar-refractivity contribution is 5.37. The van der Waals surface area contributed by atoms with Crippen LogP contribution in [0, 0.1) is 0 Å². The molecule has 2 N–H and O–H groups in total. The Hall–Kier alpha value is -1.23. The quantitative estimate of drug-likeness (QED) is 0.872. The molecule has 18 heavy (non-hydrogen) atoms. The van der Waals surface area contributed by atoms with Crippen molar-refractivity contribution in [3.63, 3.8) is 0 Å². The van der Waals surface area contributed by atoms with Crippen molar-refractivity contribution in [1.29, 1.82) is 0 Å². The van der Waals surface area contributed by atoms with Crippen LogP contribution in [0.4, 0.5) is 13.2 Å². The van der Waals surface area contributed by atoms with Gasteiger partial charge < -0.3 is 10.5 Å². The van der Waals surface area contributed by atoms with Crippen molar-refractivity contribution >= 4 is 0 Å². The monoisotopic (exact) mass is 261 g/mol. The molecule has 5 heteroatoms. The summed E-state index contributed by atoms with van der Waals surface area (Å²) in [7, 11) is 1.34. The maximum absolute atomic E-state index is 12.7. The van der Waals surface area contributed by atoms with Gasteiger partial charge in [-0.25, -0.2) is 0 Å². The van der Waals surface area contributed by atoms with Gasteiger partial charge in [-0.3, -0.25) is 0 Å². The Labute approximate surface area is 105 Å². The second kappa shape index (κ2) is 6.09. The van der Waals surface area contributed by atoms with E-state index in [9.17, 15) is 13.2 Å². The molecule has 0 aromatic heterocycles. The Balaban J connectivity index is 3.04. The van der Waals surface area contributed by atoms with Crippen molar-refractivity contribution in [2.24, 2.45) is 5.73 Å².